The predicted molar refractivity (Wildman–Crippen MR) is 105 cm³/mol. The molecule has 1 rings (SSSR count). The van der Waals surface area contributed by atoms with E-state index in [1.807, 2.05) is 12.3 Å². The number of amides is 2. The SMILES string of the molecule is CCCCCN(CC(=O)Nc1nc(C)cs1)C(=O)C(CC)CCCC. The molecule has 1 atom stereocenters. The maximum atomic E-state index is 12.9. The number of nitrogens with one attached hydrogen (secondary N) is 1. The van der Waals surface area contributed by atoms with Crippen LogP contribution in [0.3, 0.4) is 0 Å². The third-order valence-electron chi connectivity index (χ3n) is 4.29. The number of anilines is 1. The van der Waals surface area contributed by atoms with Crippen LogP contribution in [0.2, 0.25) is 0 Å². The summed E-state index contributed by atoms with van der Waals surface area (Å²) in [5.41, 5.74) is 0.891. The van der Waals surface area contributed by atoms with E-state index in [0.717, 1.165) is 50.6 Å². The Labute approximate surface area is 156 Å². The molecule has 25 heavy (non-hydrogen) atoms. The minimum Gasteiger partial charge on any atom is -0.333 e. The highest BCUT2D eigenvalue weighted by atomic mass is 32.1. The van der Waals surface area contributed by atoms with Crippen molar-refractivity contribution in [2.24, 2.45) is 5.92 Å². The summed E-state index contributed by atoms with van der Waals surface area (Å²) in [6.07, 6.45) is 6.99. The van der Waals surface area contributed by atoms with Crippen molar-refractivity contribution in [3.05, 3.63) is 11.1 Å². The fourth-order valence-electron chi connectivity index (χ4n) is 2.77. The van der Waals surface area contributed by atoms with Crippen LogP contribution in [0.15, 0.2) is 5.38 Å². The van der Waals surface area contributed by atoms with Crippen molar-refractivity contribution in [2.45, 2.75) is 72.6 Å². The molecule has 2 amide bonds. The minimum absolute atomic E-state index is 0.0245. The molecule has 142 valence electrons. The Hall–Kier alpha value is -1.43. The molecule has 0 aliphatic heterocycles. The normalized spacial score (nSPS) is 12.0. The number of aryl methyl sites for hydroxylation is 1. The Balaban J connectivity index is 2.69. The van der Waals surface area contributed by atoms with Crippen LogP contribution in [0.5, 0.6) is 0 Å². The van der Waals surface area contributed by atoms with Gasteiger partial charge in [-0.1, -0.05) is 46.5 Å². The number of hydrogen-bond donors (Lipinski definition) is 1. The standard InChI is InChI=1S/C19H33N3O2S/c1-5-8-10-12-22(18(24)16(7-3)11-9-6-2)13-17(23)21-19-20-15(4)14-25-19/h14,16H,5-13H2,1-4H3,(H,20,21,23). The lowest BCUT2D eigenvalue weighted by molar-refractivity contribution is -0.138. The zero-order valence-electron chi connectivity index (χ0n) is 16.1. The average Bonchev–Trinajstić information content (AvgIpc) is 2.99. The van der Waals surface area contributed by atoms with Gasteiger partial charge >= 0.3 is 0 Å². The molecule has 0 fully saturated rings. The highest BCUT2D eigenvalue weighted by molar-refractivity contribution is 7.13. The molecule has 1 heterocycles. The van der Waals surface area contributed by atoms with E-state index in [1.165, 1.54) is 11.3 Å². The molecule has 1 aromatic rings. The molecule has 0 bridgehead atoms. The van der Waals surface area contributed by atoms with E-state index in [2.05, 4.69) is 31.1 Å². The first-order chi connectivity index (χ1) is 12.0. The second kappa shape index (κ2) is 12.0. The Bertz CT molecular complexity index is 530. The first kappa shape index (κ1) is 21.6. The number of carbonyl (C=O) groups excluding carboxylic acids is 2. The summed E-state index contributed by atoms with van der Waals surface area (Å²) >= 11 is 1.41. The Morgan fingerprint density at radius 2 is 1.92 bits per heavy atom. The topological polar surface area (TPSA) is 62.3 Å². The largest absolute Gasteiger partial charge is 0.333 e. The maximum Gasteiger partial charge on any atom is 0.245 e. The number of rotatable bonds is 12. The van der Waals surface area contributed by atoms with Crippen molar-refractivity contribution in [2.75, 3.05) is 18.4 Å². The Morgan fingerprint density at radius 1 is 1.20 bits per heavy atom. The van der Waals surface area contributed by atoms with Crippen LogP contribution in [0, 0.1) is 12.8 Å². The Kier molecular flexibility index (Phi) is 10.4. The van der Waals surface area contributed by atoms with Gasteiger partial charge in [0.25, 0.3) is 0 Å². The lowest BCUT2D eigenvalue weighted by Crippen LogP contribution is -2.42. The molecule has 5 nitrogen and oxygen atoms in total. The van der Waals surface area contributed by atoms with Crippen molar-refractivity contribution in [3.8, 4) is 0 Å². The number of aromatic nitrogens is 1. The van der Waals surface area contributed by atoms with E-state index in [1.54, 1.807) is 4.90 Å². The summed E-state index contributed by atoms with van der Waals surface area (Å²) in [6, 6.07) is 0. The number of nitrogens with zero attached hydrogens (tertiary/aromatic N) is 2. The quantitative estimate of drug-likeness (QED) is 0.548. The van der Waals surface area contributed by atoms with Crippen molar-refractivity contribution in [1.29, 1.82) is 0 Å². The van der Waals surface area contributed by atoms with Gasteiger partial charge in [0.1, 0.15) is 0 Å². The van der Waals surface area contributed by atoms with Gasteiger partial charge in [-0.25, -0.2) is 4.98 Å². The molecular formula is C19H33N3O2S. The van der Waals surface area contributed by atoms with Gasteiger partial charge in [-0.15, -0.1) is 11.3 Å². The third-order valence-corrected chi connectivity index (χ3v) is 5.17. The van der Waals surface area contributed by atoms with E-state index < -0.39 is 0 Å². The summed E-state index contributed by atoms with van der Waals surface area (Å²) in [7, 11) is 0. The van der Waals surface area contributed by atoms with E-state index in [9.17, 15) is 9.59 Å². The van der Waals surface area contributed by atoms with Crippen LogP contribution in [0.4, 0.5) is 5.13 Å². The summed E-state index contributed by atoms with van der Waals surface area (Å²) in [5.74, 6) is -0.0152. The zero-order valence-corrected chi connectivity index (χ0v) is 17.0. The number of thiazole rings is 1. The monoisotopic (exact) mass is 367 g/mol. The predicted octanol–water partition coefficient (Wildman–Crippen LogP) is 4.63. The average molecular weight is 368 g/mol. The smallest absolute Gasteiger partial charge is 0.245 e. The van der Waals surface area contributed by atoms with Gasteiger partial charge in [0.15, 0.2) is 5.13 Å². The van der Waals surface area contributed by atoms with Crippen LogP contribution in [0.1, 0.15) is 71.4 Å². The van der Waals surface area contributed by atoms with Crippen molar-refractivity contribution >= 4 is 28.3 Å². The highest BCUT2D eigenvalue weighted by Gasteiger charge is 2.24. The van der Waals surface area contributed by atoms with Gasteiger partial charge in [-0.2, -0.15) is 0 Å². The van der Waals surface area contributed by atoms with E-state index in [4.69, 9.17) is 0 Å². The fourth-order valence-corrected chi connectivity index (χ4v) is 3.48. The van der Waals surface area contributed by atoms with E-state index >= 15 is 0 Å². The fraction of sp³-hybridized carbons (Fsp3) is 0.737. The molecule has 1 N–H and O–H groups in total. The van der Waals surface area contributed by atoms with E-state index in [-0.39, 0.29) is 24.3 Å². The summed E-state index contributed by atoms with van der Waals surface area (Å²) < 4.78 is 0. The first-order valence-corrected chi connectivity index (χ1v) is 10.4. The molecule has 0 spiro atoms. The number of unbranched alkanes of at least 4 members (excludes halogenated alkanes) is 3. The molecule has 0 aromatic carbocycles. The van der Waals surface area contributed by atoms with Crippen molar-refractivity contribution in [3.63, 3.8) is 0 Å². The van der Waals surface area contributed by atoms with Crippen LogP contribution in [-0.2, 0) is 9.59 Å². The first-order valence-electron chi connectivity index (χ1n) is 9.52. The number of carbonyl (C=O) groups is 2. The lowest BCUT2D eigenvalue weighted by Gasteiger charge is -2.26. The van der Waals surface area contributed by atoms with Gasteiger partial charge in [-0.05, 0) is 26.2 Å². The maximum absolute atomic E-state index is 12.9. The Morgan fingerprint density at radius 3 is 2.48 bits per heavy atom. The summed E-state index contributed by atoms with van der Waals surface area (Å²) in [6.45, 7) is 9.00. The van der Waals surface area contributed by atoms with Crippen LogP contribution < -0.4 is 5.32 Å². The molecule has 0 aliphatic carbocycles. The molecule has 1 unspecified atom stereocenters. The van der Waals surface area contributed by atoms with Gasteiger partial charge in [0.2, 0.25) is 11.8 Å². The van der Waals surface area contributed by atoms with Crippen molar-refractivity contribution < 1.29 is 9.59 Å². The molecular weight excluding hydrogens is 334 g/mol. The van der Waals surface area contributed by atoms with Gasteiger partial charge in [0.05, 0.1) is 12.2 Å². The molecule has 0 saturated heterocycles. The van der Waals surface area contributed by atoms with E-state index in [0.29, 0.717) is 11.7 Å². The highest BCUT2D eigenvalue weighted by Crippen LogP contribution is 2.18. The zero-order chi connectivity index (χ0) is 18.7. The molecule has 6 heteroatoms. The molecule has 0 aliphatic rings. The third kappa shape index (κ3) is 7.99. The molecule has 0 radical (unpaired) electrons. The lowest BCUT2D eigenvalue weighted by atomic mass is 9.97. The minimum atomic E-state index is -0.162. The second-order valence-corrected chi connectivity index (χ2v) is 7.41. The van der Waals surface area contributed by atoms with Crippen molar-refractivity contribution in [1.82, 2.24) is 9.88 Å². The van der Waals surface area contributed by atoms with Gasteiger partial charge in [0, 0.05) is 17.8 Å². The van der Waals surface area contributed by atoms with Crippen LogP contribution in [-0.4, -0.2) is 34.8 Å². The molecule has 1 aromatic heterocycles. The number of hydrogen-bond acceptors (Lipinski definition) is 4. The summed E-state index contributed by atoms with van der Waals surface area (Å²) in [4.78, 5) is 31.3. The molecule has 0 saturated carbocycles. The second-order valence-electron chi connectivity index (χ2n) is 6.56. The summed E-state index contributed by atoms with van der Waals surface area (Å²) in [5, 5.41) is 5.31. The van der Waals surface area contributed by atoms with Gasteiger partial charge in [-0.3, -0.25) is 9.59 Å². The van der Waals surface area contributed by atoms with Gasteiger partial charge < -0.3 is 10.2 Å². The van der Waals surface area contributed by atoms with Crippen LogP contribution in [0.25, 0.3) is 0 Å². The van der Waals surface area contributed by atoms with Crippen LogP contribution >= 0.6 is 11.3 Å².